The molecule has 22 heavy (non-hydrogen) atoms. The van der Waals surface area contributed by atoms with Crippen LogP contribution >= 0.6 is 11.6 Å². The molecular formula is C19H22ClNO. The molecule has 0 saturated carbocycles. The maximum absolute atomic E-state index is 12.1. The van der Waals surface area contributed by atoms with Crippen LogP contribution in [0.2, 0.25) is 5.02 Å². The lowest BCUT2D eigenvalue weighted by Crippen LogP contribution is -2.26. The van der Waals surface area contributed by atoms with Gasteiger partial charge >= 0.3 is 0 Å². The first-order chi connectivity index (χ1) is 10.6. The SMILES string of the molecule is CCc1ccc([C@@H](C)NC(=O)CCc2ccc(Cl)cc2)cc1. The number of aryl methyl sites for hydroxylation is 2. The molecule has 1 amide bonds. The Morgan fingerprint density at radius 1 is 1.05 bits per heavy atom. The highest BCUT2D eigenvalue weighted by atomic mass is 35.5. The van der Waals surface area contributed by atoms with Crippen LogP contribution in [-0.4, -0.2) is 5.91 Å². The van der Waals surface area contributed by atoms with E-state index >= 15 is 0 Å². The third kappa shape index (κ3) is 4.88. The van der Waals surface area contributed by atoms with E-state index in [0.717, 1.165) is 29.0 Å². The van der Waals surface area contributed by atoms with Gasteiger partial charge in [-0.15, -0.1) is 0 Å². The average Bonchev–Trinajstić information content (AvgIpc) is 2.54. The number of benzene rings is 2. The minimum absolute atomic E-state index is 0.0311. The first-order valence-electron chi connectivity index (χ1n) is 7.71. The maximum atomic E-state index is 12.1. The lowest BCUT2D eigenvalue weighted by Gasteiger charge is -2.15. The predicted octanol–water partition coefficient (Wildman–Crippen LogP) is 4.71. The Kier molecular flexibility index (Phi) is 6.02. The highest BCUT2D eigenvalue weighted by molar-refractivity contribution is 6.30. The summed E-state index contributed by atoms with van der Waals surface area (Å²) in [6, 6.07) is 16.1. The van der Waals surface area contributed by atoms with Crippen LogP contribution in [-0.2, 0) is 17.6 Å². The molecule has 3 heteroatoms. The minimum atomic E-state index is 0.0311. The molecule has 2 nitrogen and oxygen atoms in total. The van der Waals surface area contributed by atoms with Gasteiger partial charge in [-0.3, -0.25) is 4.79 Å². The van der Waals surface area contributed by atoms with Gasteiger partial charge in [0.1, 0.15) is 0 Å². The van der Waals surface area contributed by atoms with Crippen LogP contribution in [0.3, 0.4) is 0 Å². The summed E-state index contributed by atoms with van der Waals surface area (Å²) in [4.78, 5) is 12.1. The van der Waals surface area contributed by atoms with Crippen LogP contribution in [0.1, 0.15) is 43.0 Å². The molecule has 0 heterocycles. The molecule has 0 aliphatic carbocycles. The van der Waals surface area contributed by atoms with E-state index in [4.69, 9.17) is 11.6 Å². The summed E-state index contributed by atoms with van der Waals surface area (Å²) >= 11 is 5.85. The number of rotatable bonds is 6. The number of hydrogen-bond acceptors (Lipinski definition) is 1. The van der Waals surface area contributed by atoms with Crippen molar-refractivity contribution in [2.75, 3.05) is 0 Å². The first-order valence-corrected chi connectivity index (χ1v) is 8.09. The molecule has 0 unspecified atom stereocenters. The lowest BCUT2D eigenvalue weighted by molar-refractivity contribution is -0.121. The lowest BCUT2D eigenvalue weighted by atomic mass is 10.0. The molecule has 1 atom stereocenters. The summed E-state index contributed by atoms with van der Waals surface area (Å²) in [5.74, 6) is 0.0713. The topological polar surface area (TPSA) is 29.1 Å². The number of amides is 1. The van der Waals surface area contributed by atoms with Crippen LogP contribution in [0.4, 0.5) is 0 Å². The van der Waals surface area contributed by atoms with Crippen molar-refractivity contribution in [1.29, 1.82) is 0 Å². The Labute approximate surface area is 137 Å². The summed E-state index contributed by atoms with van der Waals surface area (Å²) in [5.41, 5.74) is 3.57. The Morgan fingerprint density at radius 2 is 1.64 bits per heavy atom. The highest BCUT2D eigenvalue weighted by Gasteiger charge is 2.09. The highest BCUT2D eigenvalue weighted by Crippen LogP contribution is 2.15. The van der Waals surface area contributed by atoms with Crippen molar-refractivity contribution in [2.45, 2.75) is 39.2 Å². The van der Waals surface area contributed by atoms with Gasteiger partial charge in [0, 0.05) is 11.4 Å². The second-order valence-electron chi connectivity index (χ2n) is 5.51. The van der Waals surface area contributed by atoms with Crippen molar-refractivity contribution in [1.82, 2.24) is 5.32 Å². The Bertz CT molecular complexity index is 604. The molecule has 0 radical (unpaired) electrons. The molecule has 1 N–H and O–H groups in total. The molecule has 0 aliphatic heterocycles. The molecule has 0 spiro atoms. The van der Waals surface area contributed by atoms with Gasteiger partial charge < -0.3 is 5.32 Å². The van der Waals surface area contributed by atoms with Crippen LogP contribution in [0.5, 0.6) is 0 Å². The van der Waals surface area contributed by atoms with Crippen LogP contribution < -0.4 is 5.32 Å². The van der Waals surface area contributed by atoms with Crippen molar-refractivity contribution in [3.05, 3.63) is 70.2 Å². The fraction of sp³-hybridized carbons (Fsp3) is 0.316. The van der Waals surface area contributed by atoms with Gasteiger partial charge in [-0.25, -0.2) is 0 Å². The van der Waals surface area contributed by atoms with E-state index in [-0.39, 0.29) is 11.9 Å². The van der Waals surface area contributed by atoms with E-state index in [1.54, 1.807) is 0 Å². The normalized spacial score (nSPS) is 12.0. The zero-order valence-corrected chi connectivity index (χ0v) is 13.9. The fourth-order valence-corrected chi connectivity index (χ4v) is 2.47. The smallest absolute Gasteiger partial charge is 0.220 e. The molecular weight excluding hydrogens is 294 g/mol. The van der Waals surface area contributed by atoms with E-state index in [1.165, 1.54) is 5.56 Å². The molecule has 2 aromatic rings. The summed E-state index contributed by atoms with van der Waals surface area (Å²) in [6.07, 6.45) is 2.24. The molecule has 2 aromatic carbocycles. The number of nitrogens with one attached hydrogen (secondary N) is 1. The van der Waals surface area contributed by atoms with Crippen molar-refractivity contribution >= 4 is 17.5 Å². The molecule has 116 valence electrons. The van der Waals surface area contributed by atoms with E-state index in [9.17, 15) is 4.79 Å². The van der Waals surface area contributed by atoms with Crippen LogP contribution in [0, 0.1) is 0 Å². The van der Waals surface area contributed by atoms with Gasteiger partial charge in [0.05, 0.1) is 6.04 Å². The summed E-state index contributed by atoms with van der Waals surface area (Å²) in [6.45, 7) is 4.15. The molecule has 0 aliphatic rings. The predicted molar refractivity (Wildman–Crippen MR) is 92.2 cm³/mol. The number of hydrogen-bond donors (Lipinski definition) is 1. The van der Waals surface area contributed by atoms with Crippen LogP contribution in [0.25, 0.3) is 0 Å². The quantitative estimate of drug-likeness (QED) is 0.821. The monoisotopic (exact) mass is 315 g/mol. The standard InChI is InChI=1S/C19H22ClNO/c1-3-15-4-9-17(10-5-15)14(2)21-19(22)13-8-16-6-11-18(20)12-7-16/h4-7,9-12,14H,3,8,13H2,1-2H3,(H,21,22)/t14-/m1/s1. The minimum Gasteiger partial charge on any atom is -0.350 e. The van der Waals surface area contributed by atoms with E-state index in [2.05, 4.69) is 36.5 Å². The van der Waals surface area contributed by atoms with Gasteiger partial charge in [-0.1, -0.05) is 54.9 Å². The molecule has 2 rings (SSSR count). The van der Waals surface area contributed by atoms with E-state index in [1.807, 2.05) is 31.2 Å². The Morgan fingerprint density at radius 3 is 2.23 bits per heavy atom. The zero-order valence-electron chi connectivity index (χ0n) is 13.1. The molecule has 0 saturated heterocycles. The van der Waals surface area contributed by atoms with Gasteiger partial charge in [0.15, 0.2) is 0 Å². The summed E-state index contributed by atoms with van der Waals surface area (Å²) in [5, 5.41) is 3.77. The maximum Gasteiger partial charge on any atom is 0.220 e. The summed E-state index contributed by atoms with van der Waals surface area (Å²) in [7, 11) is 0. The van der Waals surface area contributed by atoms with Gasteiger partial charge in [-0.05, 0) is 48.6 Å². The van der Waals surface area contributed by atoms with Crippen molar-refractivity contribution in [3.63, 3.8) is 0 Å². The summed E-state index contributed by atoms with van der Waals surface area (Å²) < 4.78 is 0. The molecule has 0 bridgehead atoms. The third-order valence-corrected chi connectivity index (χ3v) is 4.07. The second kappa shape index (κ2) is 8.00. The van der Waals surface area contributed by atoms with Gasteiger partial charge in [0.2, 0.25) is 5.91 Å². The fourth-order valence-electron chi connectivity index (χ4n) is 2.35. The van der Waals surface area contributed by atoms with Gasteiger partial charge in [0.25, 0.3) is 0 Å². The largest absolute Gasteiger partial charge is 0.350 e. The third-order valence-electron chi connectivity index (χ3n) is 3.82. The molecule has 0 aromatic heterocycles. The Balaban J connectivity index is 1.83. The van der Waals surface area contributed by atoms with Crippen LogP contribution in [0.15, 0.2) is 48.5 Å². The Hall–Kier alpha value is -1.80. The van der Waals surface area contributed by atoms with Crippen molar-refractivity contribution in [3.8, 4) is 0 Å². The van der Waals surface area contributed by atoms with E-state index in [0.29, 0.717) is 6.42 Å². The zero-order chi connectivity index (χ0) is 15.9. The number of carbonyl (C=O) groups excluding carboxylic acids is 1. The molecule has 0 fully saturated rings. The van der Waals surface area contributed by atoms with Crippen molar-refractivity contribution < 1.29 is 4.79 Å². The number of halogens is 1. The van der Waals surface area contributed by atoms with Crippen molar-refractivity contribution in [2.24, 2.45) is 0 Å². The van der Waals surface area contributed by atoms with E-state index < -0.39 is 0 Å². The van der Waals surface area contributed by atoms with Gasteiger partial charge in [-0.2, -0.15) is 0 Å². The number of carbonyl (C=O) groups is 1. The second-order valence-corrected chi connectivity index (χ2v) is 5.95. The first kappa shape index (κ1) is 16.6. The average molecular weight is 316 g/mol.